The van der Waals surface area contributed by atoms with Crippen molar-refractivity contribution in [1.82, 2.24) is 20.9 Å². The number of rotatable bonds is 6. The summed E-state index contributed by atoms with van der Waals surface area (Å²) in [5.41, 5.74) is 1.87. The second-order valence-electron chi connectivity index (χ2n) is 5.98. The molecule has 1 aromatic heterocycles. The maximum Gasteiger partial charge on any atom is 0.287 e. The summed E-state index contributed by atoms with van der Waals surface area (Å²) in [5, 5.41) is 25.5. The van der Waals surface area contributed by atoms with Crippen LogP contribution in [-0.2, 0) is 11.2 Å². The Labute approximate surface area is 148 Å². The quantitative estimate of drug-likeness (QED) is 0.304. The van der Waals surface area contributed by atoms with Gasteiger partial charge in [0, 0.05) is 6.92 Å². The van der Waals surface area contributed by atoms with E-state index in [1.165, 1.54) is 19.1 Å². The first kappa shape index (κ1) is 17.6. The molecule has 0 bridgehead atoms. The third-order valence-corrected chi connectivity index (χ3v) is 3.95. The molecule has 3 rings (SSSR count). The first-order chi connectivity index (χ1) is 12.5. The van der Waals surface area contributed by atoms with Gasteiger partial charge in [0.1, 0.15) is 11.9 Å². The molecule has 0 spiro atoms. The molecular weight excluding hydrogens is 345 g/mol. The summed E-state index contributed by atoms with van der Waals surface area (Å²) in [6.07, 6.45) is 0.234. The number of oxime groups is 1. The monoisotopic (exact) mass is 363 g/mol. The van der Waals surface area contributed by atoms with Crippen molar-refractivity contribution in [2.45, 2.75) is 32.4 Å². The zero-order valence-corrected chi connectivity index (χ0v) is 14.2. The van der Waals surface area contributed by atoms with E-state index in [4.69, 9.17) is 4.74 Å². The molecule has 0 radical (unpaired) electrons. The van der Waals surface area contributed by atoms with Gasteiger partial charge in [-0.2, -0.15) is 0 Å². The number of fused-ring (bicyclic) bond motifs is 1. The minimum Gasteiger partial charge on any atom is -0.469 e. The van der Waals surface area contributed by atoms with Crippen LogP contribution in [0.1, 0.15) is 36.7 Å². The van der Waals surface area contributed by atoms with Crippen molar-refractivity contribution in [2.75, 3.05) is 6.54 Å². The van der Waals surface area contributed by atoms with E-state index in [1.54, 1.807) is 13.0 Å². The van der Waals surface area contributed by atoms with Gasteiger partial charge < -0.3 is 20.6 Å². The van der Waals surface area contributed by atoms with Crippen molar-refractivity contribution in [3.63, 3.8) is 0 Å². The van der Waals surface area contributed by atoms with Gasteiger partial charge in [-0.25, -0.2) is 9.02 Å². The number of aromatic nitrogens is 2. The summed E-state index contributed by atoms with van der Waals surface area (Å²) < 4.78 is 23.6. The summed E-state index contributed by atoms with van der Waals surface area (Å²) in [6, 6.07) is 4.32. The third-order valence-electron chi connectivity index (χ3n) is 3.95. The highest BCUT2D eigenvalue weighted by molar-refractivity contribution is 5.98. The van der Waals surface area contributed by atoms with E-state index in [1.807, 2.05) is 0 Å². The molecule has 1 heterocycles. The maximum atomic E-state index is 13.4. The summed E-state index contributed by atoms with van der Waals surface area (Å²) in [7, 11) is 0. The van der Waals surface area contributed by atoms with Crippen molar-refractivity contribution < 1.29 is 23.8 Å². The Bertz CT molecular complexity index is 838. The first-order valence-corrected chi connectivity index (χ1v) is 7.99. The van der Waals surface area contributed by atoms with Crippen LogP contribution in [0, 0.1) is 5.82 Å². The van der Waals surface area contributed by atoms with Crippen molar-refractivity contribution in [2.24, 2.45) is 5.16 Å². The topological polar surface area (TPSA) is 122 Å². The number of nitrogens with zero attached hydrogens (tertiary/aromatic N) is 3. The maximum absolute atomic E-state index is 13.4. The molecule has 3 N–H and O–H groups in total. The van der Waals surface area contributed by atoms with Crippen LogP contribution in [0.5, 0.6) is 5.88 Å². The van der Waals surface area contributed by atoms with Gasteiger partial charge in [0.2, 0.25) is 17.4 Å². The standard InChI is InChI=1S/C16H18FN5O4/c1-8(7-18-9(2)23)25-16-14(21-26-22-16)15(20-24)19-13-5-10-3-4-11(17)6-12(10)13/h3-4,6,8,13,24H,5,7H2,1-2H3,(H,18,23)(H,19,20)/t8?,13-/m0/s1. The van der Waals surface area contributed by atoms with E-state index in [9.17, 15) is 14.4 Å². The Morgan fingerprint density at radius 3 is 3.08 bits per heavy atom. The number of halogens is 1. The second-order valence-corrected chi connectivity index (χ2v) is 5.98. The van der Waals surface area contributed by atoms with Gasteiger partial charge >= 0.3 is 0 Å². The van der Waals surface area contributed by atoms with E-state index < -0.39 is 6.10 Å². The van der Waals surface area contributed by atoms with Crippen molar-refractivity contribution in [1.29, 1.82) is 0 Å². The Morgan fingerprint density at radius 2 is 2.35 bits per heavy atom. The normalized spacial score (nSPS) is 17.0. The molecular formula is C16H18FN5O4. The average Bonchev–Trinajstić information content (AvgIpc) is 3.04. The minimum absolute atomic E-state index is 0.00658. The molecule has 0 saturated carbocycles. The number of carbonyl (C=O) groups excluding carboxylic acids is 1. The lowest BCUT2D eigenvalue weighted by Crippen LogP contribution is -2.37. The van der Waals surface area contributed by atoms with Crippen LogP contribution in [0.2, 0.25) is 0 Å². The van der Waals surface area contributed by atoms with Gasteiger partial charge in [-0.15, -0.1) is 0 Å². The molecule has 0 saturated heterocycles. The fourth-order valence-electron chi connectivity index (χ4n) is 2.64. The molecule has 2 atom stereocenters. The smallest absolute Gasteiger partial charge is 0.287 e. The Morgan fingerprint density at radius 1 is 1.54 bits per heavy atom. The number of benzene rings is 1. The lowest BCUT2D eigenvalue weighted by Gasteiger charge is -2.31. The molecule has 1 aliphatic rings. The first-order valence-electron chi connectivity index (χ1n) is 7.99. The highest BCUT2D eigenvalue weighted by Crippen LogP contribution is 2.34. The zero-order chi connectivity index (χ0) is 18.7. The van der Waals surface area contributed by atoms with Crippen LogP contribution in [0.3, 0.4) is 0 Å². The zero-order valence-electron chi connectivity index (χ0n) is 14.2. The second kappa shape index (κ2) is 7.38. The number of ether oxygens (including phenoxy) is 1. The summed E-state index contributed by atoms with van der Waals surface area (Å²) in [6.45, 7) is 3.38. The third kappa shape index (κ3) is 3.73. The molecule has 0 fully saturated rings. The number of nitrogens with one attached hydrogen (secondary N) is 2. The van der Waals surface area contributed by atoms with Crippen LogP contribution in [0.15, 0.2) is 28.0 Å². The van der Waals surface area contributed by atoms with Gasteiger partial charge in [0.15, 0.2) is 0 Å². The molecule has 9 nitrogen and oxygen atoms in total. The summed E-state index contributed by atoms with van der Waals surface area (Å²) in [4.78, 5) is 11.0. The minimum atomic E-state index is -0.414. The molecule has 2 aromatic rings. The average molecular weight is 363 g/mol. The fraction of sp³-hybridized carbons (Fsp3) is 0.375. The molecule has 1 unspecified atom stereocenters. The largest absolute Gasteiger partial charge is 0.469 e. The lowest BCUT2D eigenvalue weighted by molar-refractivity contribution is -0.119. The Kier molecular flexibility index (Phi) is 5.01. The van der Waals surface area contributed by atoms with Crippen molar-refractivity contribution >= 4 is 11.7 Å². The summed E-state index contributed by atoms with van der Waals surface area (Å²) >= 11 is 0. The van der Waals surface area contributed by atoms with Crippen LogP contribution >= 0.6 is 0 Å². The molecule has 26 heavy (non-hydrogen) atoms. The van der Waals surface area contributed by atoms with Gasteiger partial charge in [-0.1, -0.05) is 11.2 Å². The van der Waals surface area contributed by atoms with Gasteiger partial charge in [0.25, 0.3) is 5.88 Å². The SMILES string of the molecule is CC(=O)NCC(C)Oc1nonc1C(=NO)N[C@H]1Cc2ccc(F)cc21. The van der Waals surface area contributed by atoms with Gasteiger partial charge in [-0.3, -0.25) is 4.79 Å². The Balaban J connectivity index is 1.68. The summed E-state index contributed by atoms with van der Waals surface area (Å²) in [5.74, 6) is -0.513. The molecule has 10 heteroatoms. The predicted octanol–water partition coefficient (Wildman–Crippen LogP) is 1.13. The molecule has 1 amide bonds. The van der Waals surface area contributed by atoms with Crippen LogP contribution in [-0.4, -0.2) is 39.9 Å². The van der Waals surface area contributed by atoms with Gasteiger partial charge in [0.05, 0.1) is 12.6 Å². The highest BCUT2D eigenvalue weighted by atomic mass is 19.1. The van der Waals surface area contributed by atoms with E-state index in [0.717, 1.165) is 11.1 Å². The fourth-order valence-corrected chi connectivity index (χ4v) is 2.64. The number of hydrogen-bond acceptors (Lipinski definition) is 7. The molecule has 1 aromatic carbocycles. The van der Waals surface area contributed by atoms with Crippen LogP contribution in [0.4, 0.5) is 4.39 Å². The molecule has 138 valence electrons. The van der Waals surface area contributed by atoms with E-state index in [2.05, 4.69) is 30.7 Å². The number of amides is 1. The molecule has 0 aliphatic heterocycles. The number of amidine groups is 1. The number of carbonyl (C=O) groups is 1. The highest BCUT2D eigenvalue weighted by Gasteiger charge is 2.30. The van der Waals surface area contributed by atoms with E-state index >= 15 is 0 Å². The van der Waals surface area contributed by atoms with Crippen molar-refractivity contribution in [3.05, 3.63) is 40.8 Å². The van der Waals surface area contributed by atoms with Crippen LogP contribution in [0.25, 0.3) is 0 Å². The predicted molar refractivity (Wildman–Crippen MR) is 87.4 cm³/mol. The van der Waals surface area contributed by atoms with E-state index in [0.29, 0.717) is 6.42 Å². The van der Waals surface area contributed by atoms with E-state index in [-0.39, 0.29) is 41.7 Å². The Hall–Kier alpha value is -3.17. The lowest BCUT2D eigenvalue weighted by atomic mass is 9.83. The van der Waals surface area contributed by atoms with Gasteiger partial charge in [-0.05, 0) is 46.9 Å². The van der Waals surface area contributed by atoms with Crippen molar-refractivity contribution in [3.8, 4) is 5.88 Å². The van der Waals surface area contributed by atoms with Crippen LogP contribution < -0.4 is 15.4 Å². The number of hydrogen-bond donors (Lipinski definition) is 3. The molecule has 1 aliphatic carbocycles.